The monoisotopic (exact) mass is 468 g/mol. The molecule has 2 atom stereocenters. The third kappa shape index (κ3) is 12.0. The van der Waals surface area contributed by atoms with Crippen molar-refractivity contribution in [2.75, 3.05) is 45.9 Å². The van der Waals surface area contributed by atoms with E-state index in [1.165, 1.54) is 32.4 Å². The molecule has 0 amide bonds. The summed E-state index contributed by atoms with van der Waals surface area (Å²) in [5, 5.41) is 16.0. The van der Waals surface area contributed by atoms with E-state index in [1.54, 1.807) is 0 Å². The Labute approximate surface area is 172 Å². The second kappa shape index (κ2) is 16.1. The van der Waals surface area contributed by atoms with E-state index in [4.69, 9.17) is 4.99 Å². The molecule has 0 bridgehead atoms. The molecule has 150 valence electrons. The van der Waals surface area contributed by atoms with E-state index in [0.717, 1.165) is 51.4 Å². The molecule has 1 saturated heterocycles. The fourth-order valence-electron chi connectivity index (χ4n) is 3.41. The summed E-state index contributed by atoms with van der Waals surface area (Å²) in [5.74, 6) is 2.03. The number of halogens is 1. The summed E-state index contributed by atoms with van der Waals surface area (Å²) in [4.78, 5) is 7.36. The molecule has 0 aliphatic carbocycles. The summed E-state index contributed by atoms with van der Waals surface area (Å²) in [6.45, 7) is 13.2. The number of aliphatic hydroxyl groups excluding tert-OH is 1. The van der Waals surface area contributed by atoms with Crippen LogP contribution in [0, 0.1) is 11.8 Å². The molecular formula is C19H41IN4O. The first-order chi connectivity index (χ1) is 11.7. The van der Waals surface area contributed by atoms with Crippen LogP contribution in [0.4, 0.5) is 0 Å². The van der Waals surface area contributed by atoms with Crippen LogP contribution in [0.15, 0.2) is 4.99 Å². The minimum Gasteiger partial charge on any atom is -0.396 e. The SMILES string of the molecule is CCCC(CCO)CNC(=NCC(C)CN1CCCCC1)NCC.I. The van der Waals surface area contributed by atoms with E-state index in [0.29, 0.717) is 11.8 Å². The Bertz CT molecular complexity index is 329. The van der Waals surface area contributed by atoms with Crippen molar-refractivity contribution in [3.63, 3.8) is 0 Å². The fourth-order valence-corrected chi connectivity index (χ4v) is 3.41. The van der Waals surface area contributed by atoms with E-state index < -0.39 is 0 Å². The normalized spacial score (nSPS) is 18.3. The number of piperidine rings is 1. The van der Waals surface area contributed by atoms with Crippen LogP contribution in [0.5, 0.6) is 0 Å². The largest absolute Gasteiger partial charge is 0.396 e. The maximum absolute atomic E-state index is 9.19. The van der Waals surface area contributed by atoms with Crippen molar-refractivity contribution >= 4 is 29.9 Å². The van der Waals surface area contributed by atoms with Gasteiger partial charge in [0, 0.05) is 32.8 Å². The number of nitrogens with one attached hydrogen (secondary N) is 2. The maximum atomic E-state index is 9.19. The van der Waals surface area contributed by atoms with Gasteiger partial charge in [0.1, 0.15) is 0 Å². The van der Waals surface area contributed by atoms with Crippen LogP contribution in [0.1, 0.15) is 59.3 Å². The van der Waals surface area contributed by atoms with Gasteiger partial charge in [-0.2, -0.15) is 0 Å². The van der Waals surface area contributed by atoms with Crippen LogP contribution in [0.2, 0.25) is 0 Å². The maximum Gasteiger partial charge on any atom is 0.191 e. The zero-order valence-electron chi connectivity index (χ0n) is 16.6. The van der Waals surface area contributed by atoms with Crippen molar-refractivity contribution in [2.24, 2.45) is 16.8 Å². The topological polar surface area (TPSA) is 59.9 Å². The Morgan fingerprint density at radius 1 is 1.12 bits per heavy atom. The number of likely N-dealkylation sites (tertiary alicyclic amines) is 1. The molecule has 0 radical (unpaired) electrons. The van der Waals surface area contributed by atoms with Gasteiger partial charge in [-0.15, -0.1) is 24.0 Å². The second-order valence-corrected chi connectivity index (χ2v) is 7.23. The molecule has 0 saturated carbocycles. The molecule has 0 aromatic rings. The number of aliphatic hydroxyl groups is 1. The van der Waals surface area contributed by atoms with Gasteiger partial charge in [-0.25, -0.2) is 0 Å². The quantitative estimate of drug-likeness (QED) is 0.248. The van der Waals surface area contributed by atoms with Gasteiger partial charge in [0.05, 0.1) is 0 Å². The number of nitrogens with zero attached hydrogens (tertiary/aromatic N) is 2. The molecule has 1 fully saturated rings. The average Bonchev–Trinajstić information content (AvgIpc) is 2.58. The summed E-state index contributed by atoms with van der Waals surface area (Å²) < 4.78 is 0. The van der Waals surface area contributed by atoms with Crippen LogP contribution < -0.4 is 10.6 Å². The highest BCUT2D eigenvalue weighted by molar-refractivity contribution is 14.0. The number of rotatable bonds is 11. The van der Waals surface area contributed by atoms with E-state index in [9.17, 15) is 5.11 Å². The standard InChI is InChI=1S/C19H40N4O.HI/c1-4-9-18(10-13-24)15-22-19(20-5-2)21-14-17(3)16-23-11-7-6-8-12-23;/h17-18,24H,4-16H2,1-3H3,(H2,20,21,22);1H. The van der Waals surface area contributed by atoms with Gasteiger partial charge in [0.2, 0.25) is 0 Å². The first-order valence-corrected chi connectivity index (χ1v) is 10.0. The number of aliphatic imine (C=N–C) groups is 1. The van der Waals surface area contributed by atoms with Crippen molar-refractivity contribution in [2.45, 2.75) is 59.3 Å². The number of hydrogen-bond acceptors (Lipinski definition) is 3. The molecule has 3 N–H and O–H groups in total. The van der Waals surface area contributed by atoms with Crippen LogP contribution in [0.25, 0.3) is 0 Å². The van der Waals surface area contributed by atoms with Gasteiger partial charge in [0.25, 0.3) is 0 Å². The lowest BCUT2D eigenvalue weighted by molar-refractivity contribution is 0.203. The van der Waals surface area contributed by atoms with Crippen LogP contribution in [0.3, 0.4) is 0 Å². The lowest BCUT2D eigenvalue weighted by atomic mass is 10.0. The highest BCUT2D eigenvalue weighted by Crippen LogP contribution is 2.11. The minimum absolute atomic E-state index is 0. The van der Waals surface area contributed by atoms with Gasteiger partial charge in [-0.3, -0.25) is 4.99 Å². The van der Waals surface area contributed by atoms with E-state index in [1.807, 2.05) is 0 Å². The Balaban J connectivity index is 0.00000576. The predicted octanol–water partition coefficient (Wildman–Crippen LogP) is 3.08. The summed E-state index contributed by atoms with van der Waals surface area (Å²) >= 11 is 0. The van der Waals surface area contributed by atoms with Crippen molar-refractivity contribution in [1.29, 1.82) is 0 Å². The molecular weight excluding hydrogens is 427 g/mol. The van der Waals surface area contributed by atoms with Crippen LogP contribution in [-0.2, 0) is 0 Å². The smallest absolute Gasteiger partial charge is 0.191 e. The number of hydrogen-bond donors (Lipinski definition) is 3. The first kappa shape index (κ1) is 24.9. The van der Waals surface area contributed by atoms with Gasteiger partial charge < -0.3 is 20.6 Å². The highest BCUT2D eigenvalue weighted by Gasteiger charge is 2.13. The van der Waals surface area contributed by atoms with Crippen LogP contribution >= 0.6 is 24.0 Å². The fraction of sp³-hybridized carbons (Fsp3) is 0.947. The van der Waals surface area contributed by atoms with Gasteiger partial charge in [0.15, 0.2) is 5.96 Å². The Morgan fingerprint density at radius 3 is 2.44 bits per heavy atom. The summed E-state index contributed by atoms with van der Waals surface area (Å²) in [7, 11) is 0. The summed E-state index contributed by atoms with van der Waals surface area (Å²) in [6, 6.07) is 0. The second-order valence-electron chi connectivity index (χ2n) is 7.23. The highest BCUT2D eigenvalue weighted by atomic mass is 127. The Hall–Kier alpha value is -0.0800. The Morgan fingerprint density at radius 2 is 1.84 bits per heavy atom. The summed E-state index contributed by atoms with van der Waals surface area (Å²) in [6.07, 6.45) is 7.27. The zero-order chi connectivity index (χ0) is 17.6. The van der Waals surface area contributed by atoms with E-state index in [-0.39, 0.29) is 30.6 Å². The zero-order valence-corrected chi connectivity index (χ0v) is 18.9. The van der Waals surface area contributed by atoms with Crippen LogP contribution in [-0.4, -0.2) is 61.8 Å². The molecule has 0 spiro atoms. The molecule has 1 aliphatic heterocycles. The molecule has 1 heterocycles. The predicted molar refractivity (Wildman–Crippen MR) is 119 cm³/mol. The van der Waals surface area contributed by atoms with Crippen molar-refractivity contribution in [1.82, 2.24) is 15.5 Å². The van der Waals surface area contributed by atoms with E-state index >= 15 is 0 Å². The van der Waals surface area contributed by atoms with E-state index in [2.05, 4.69) is 36.3 Å². The molecule has 25 heavy (non-hydrogen) atoms. The average molecular weight is 468 g/mol. The third-order valence-electron chi connectivity index (χ3n) is 4.72. The van der Waals surface area contributed by atoms with Crippen molar-refractivity contribution < 1.29 is 5.11 Å². The van der Waals surface area contributed by atoms with Gasteiger partial charge in [-0.1, -0.05) is 26.7 Å². The first-order valence-electron chi connectivity index (χ1n) is 10.0. The Kier molecular flexibility index (Phi) is 16.1. The molecule has 5 nitrogen and oxygen atoms in total. The molecule has 0 aromatic heterocycles. The van der Waals surface area contributed by atoms with Crippen molar-refractivity contribution in [3.8, 4) is 0 Å². The summed E-state index contributed by atoms with van der Waals surface area (Å²) in [5.41, 5.74) is 0. The number of guanidine groups is 1. The molecule has 1 rings (SSSR count). The lowest BCUT2D eigenvalue weighted by Gasteiger charge is -2.28. The third-order valence-corrected chi connectivity index (χ3v) is 4.72. The lowest BCUT2D eigenvalue weighted by Crippen LogP contribution is -2.40. The van der Waals surface area contributed by atoms with Gasteiger partial charge in [-0.05, 0) is 57.5 Å². The molecule has 6 heteroatoms. The van der Waals surface area contributed by atoms with Crippen molar-refractivity contribution in [3.05, 3.63) is 0 Å². The molecule has 0 aromatic carbocycles. The molecule has 1 aliphatic rings. The van der Waals surface area contributed by atoms with Gasteiger partial charge >= 0.3 is 0 Å². The molecule has 2 unspecified atom stereocenters. The minimum atomic E-state index is 0.